The molecule has 5 nitrogen and oxygen atoms in total. The van der Waals surface area contributed by atoms with Gasteiger partial charge in [0.1, 0.15) is 0 Å². The normalized spacial score (nSPS) is 15.1. The molecule has 2 N–H and O–H groups in total. The Balaban J connectivity index is 2.20. The molecule has 2 rings (SSSR count). The van der Waals surface area contributed by atoms with Crippen molar-refractivity contribution in [3.05, 3.63) is 17.5 Å². The minimum atomic E-state index is -0.360. The fourth-order valence-electron chi connectivity index (χ4n) is 1.79. The van der Waals surface area contributed by atoms with Crippen LogP contribution in [0.2, 0.25) is 0 Å². The van der Waals surface area contributed by atoms with Gasteiger partial charge in [-0.05, 0) is 0 Å². The van der Waals surface area contributed by atoms with Gasteiger partial charge in [0, 0.05) is 23.7 Å². The molecule has 0 unspecified atom stereocenters. The predicted octanol–water partition coefficient (Wildman–Crippen LogP) is 0.947. The van der Waals surface area contributed by atoms with Crippen molar-refractivity contribution in [2.45, 2.75) is 33.9 Å². The second-order valence-corrected chi connectivity index (χ2v) is 5.11. The van der Waals surface area contributed by atoms with Gasteiger partial charge in [-0.2, -0.15) is 0 Å². The van der Waals surface area contributed by atoms with Crippen LogP contribution < -0.4 is 5.73 Å². The van der Waals surface area contributed by atoms with E-state index in [1.807, 2.05) is 20.8 Å². The van der Waals surface area contributed by atoms with Crippen LogP contribution in [0.3, 0.4) is 0 Å². The molecular formula is C11H16N4O. The molecular weight excluding hydrogens is 204 g/mol. The Morgan fingerprint density at radius 2 is 2.12 bits per heavy atom. The predicted molar refractivity (Wildman–Crippen MR) is 60.2 cm³/mol. The highest BCUT2D eigenvalue weighted by Gasteiger charge is 2.32. The molecule has 16 heavy (non-hydrogen) atoms. The third kappa shape index (κ3) is 1.85. The van der Waals surface area contributed by atoms with E-state index in [4.69, 9.17) is 5.73 Å². The zero-order valence-electron chi connectivity index (χ0n) is 9.82. The van der Waals surface area contributed by atoms with Crippen LogP contribution in [0.1, 0.15) is 32.0 Å². The number of carbonyl (C=O) groups is 1. The maximum absolute atomic E-state index is 12.1. The number of amides is 1. The van der Waals surface area contributed by atoms with Crippen molar-refractivity contribution in [2.24, 2.45) is 5.41 Å². The van der Waals surface area contributed by atoms with Crippen molar-refractivity contribution in [3.8, 4) is 0 Å². The van der Waals surface area contributed by atoms with Crippen molar-refractivity contribution in [3.63, 3.8) is 0 Å². The van der Waals surface area contributed by atoms with E-state index >= 15 is 0 Å². The molecule has 0 radical (unpaired) electrons. The summed E-state index contributed by atoms with van der Waals surface area (Å²) in [6.45, 7) is 6.87. The lowest BCUT2D eigenvalue weighted by Crippen LogP contribution is -2.35. The minimum absolute atomic E-state index is 0.129. The quantitative estimate of drug-likeness (QED) is 0.706. The summed E-state index contributed by atoms with van der Waals surface area (Å²) in [7, 11) is 0. The van der Waals surface area contributed by atoms with E-state index in [2.05, 4.69) is 9.97 Å². The Kier molecular flexibility index (Phi) is 2.33. The fraction of sp³-hybridized carbons (Fsp3) is 0.545. The van der Waals surface area contributed by atoms with E-state index in [1.54, 1.807) is 11.1 Å². The van der Waals surface area contributed by atoms with Crippen LogP contribution in [0.15, 0.2) is 6.20 Å². The van der Waals surface area contributed by atoms with Gasteiger partial charge in [0.2, 0.25) is 11.9 Å². The number of anilines is 1. The Morgan fingerprint density at radius 1 is 1.44 bits per heavy atom. The molecule has 1 aromatic heterocycles. The Hall–Kier alpha value is -1.65. The van der Waals surface area contributed by atoms with E-state index in [1.165, 1.54) is 0 Å². The zero-order chi connectivity index (χ0) is 11.9. The third-order valence-corrected chi connectivity index (χ3v) is 2.60. The van der Waals surface area contributed by atoms with Crippen molar-refractivity contribution >= 4 is 11.9 Å². The van der Waals surface area contributed by atoms with Gasteiger partial charge in [-0.25, -0.2) is 9.97 Å². The summed E-state index contributed by atoms with van der Waals surface area (Å²) in [5.41, 5.74) is 7.01. The zero-order valence-corrected chi connectivity index (χ0v) is 9.82. The number of carbonyl (C=O) groups excluding carboxylic acids is 1. The summed E-state index contributed by atoms with van der Waals surface area (Å²) >= 11 is 0. The van der Waals surface area contributed by atoms with Gasteiger partial charge in [-0.15, -0.1) is 0 Å². The molecule has 0 fully saturated rings. The van der Waals surface area contributed by atoms with Gasteiger partial charge in [0.05, 0.1) is 12.2 Å². The molecule has 86 valence electrons. The highest BCUT2D eigenvalue weighted by molar-refractivity contribution is 5.82. The van der Waals surface area contributed by atoms with Crippen LogP contribution in [0.5, 0.6) is 0 Å². The lowest BCUT2D eigenvalue weighted by molar-refractivity contribution is -0.140. The number of hydrogen-bond donors (Lipinski definition) is 1. The van der Waals surface area contributed by atoms with Crippen molar-refractivity contribution in [1.82, 2.24) is 14.9 Å². The topological polar surface area (TPSA) is 72.1 Å². The van der Waals surface area contributed by atoms with E-state index in [-0.39, 0.29) is 17.3 Å². The molecule has 0 saturated carbocycles. The van der Waals surface area contributed by atoms with Gasteiger partial charge in [-0.1, -0.05) is 20.8 Å². The smallest absolute Gasteiger partial charge is 0.228 e. The molecule has 1 aliphatic heterocycles. The maximum Gasteiger partial charge on any atom is 0.228 e. The van der Waals surface area contributed by atoms with Crippen LogP contribution in [0.25, 0.3) is 0 Å². The van der Waals surface area contributed by atoms with E-state index in [0.717, 1.165) is 11.3 Å². The van der Waals surface area contributed by atoms with Crippen LogP contribution in [0, 0.1) is 5.41 Å². The van der Waals surface area contributed by atoms with Crippen LogP contribution in [-0.4, -0.2) is 20.8 Å². The van der Waals surface area contributed by atoms with Gasteiger partial charge < -0.3 is 10.6 Å². The van der Waals surface area contributed by atoms with E-state index < -0.39 is 0 Å². The minimum Gasteiger partial charge on any atom is -0.368 e. The summed E-state index contributed by atoms with van der Waals surface area (Å²) in [5, 5.41) is 0. The number of nitrogens with zero attached hydrogens (tertiary/aromatic N) is 3. The lowest BCUT2D eigenvalue weighted by Gasteiger charge is -2.24. The van der Waals surface area contributed by atoms with Gasteiger partial charge in [0.15, 0.2) is 0 Å². The molecule has 0 saturated heterocycles. The number of nitrogen functional groups attached to an aromatic ring is 1. The standard InChI is InChI=1S/C11H16N4O/c1-11(2,3)9(16)15-5-7-4-13-10(12)14-8(7)6-15/h4H,5-6H2,1-3H3,(H2,12,13,14). The first-order valence-electron chi connectivity index (χ1n) is 5.27. The highest BCUT2D eigenvalue weighted by Crippen LogP contribution is 2.26. The Bertz CT molecular complexity index is 436. The average molecular weight is 220 g/mol. The van der Waals surface area contributed by atoms with E-state index in [0.29, 0.717) is 13.1 Å². The number of rotatable bonds is 0. The molecule has 2 heterocycles. The van der Waals surface area contributed by atoms with Crippen LogP contribution in [0.4, 0.5) is 5.95 Å². The average Bonchev–Trinajstić information content (AvgIpc) is 2.57. The molecule has 0 atom stereocenters. The number of fused-ring (bicyclic) bond motifs is 1. The molecule has 1 aromatic rings. The number of nitrogens with two attached hydrogens (primary N) is 1. The SMILES string of the molecule is CC(C)(C)C(=O)N1Cc2cnc(N)nc2C1. The van der Waals surface area contributed by atoms with E-state index in [9.17, 15) is 4.79 Å². The monoisotopic (exact) mass is 220 g/mol. The maximum atomic E-state index is 12.1. The van der Waals surface area contributed by atoms with Gasteiger partial charge in [-0.3, -0.25) is 4.79 Å². The summed E-state index contributed by atoms with van der Waals surface area (Å²) in [4.78, 5) is 21.9. The molecule has 0 bridgehead atoms. The van der Waals surface area contributed by atoms with Crippen LogP contribution in [-0.2, 0) is 17.9 Å². The molecule has 0 aromatic carbocycles. The summed E-state index contributed by atoms with van der Waals surface area (Å²) in [6, 6.07) is 0. The van der Waals surface area contributed by atoms with Crippen LogP contribution >= 0.6 is 0 Å². The van der Waals surface area contributed by atoms with Gasteiger partial charge >= 0.3 is 0 Å². The second-order valence-electron chi connectivity index (χ2n) is 5.11. The Labute approximate surface area is 94.7 Å². The molecule has 0 spiro atoms. The number of aromatic nitrogens is 2. The molecule has 0 aliphatic carbocycles. The fourth-order valence-corrected chi connectivity index (χ4v) is 1.79. The first-order chi connectivity index (χ1) is 7.38. The first-order valence-corrected chi connectivity index (χ1v) is 5.27. The third-order valence-electron chi connectivity index (χ3n) is 2.60. The molecule has 1 aliphatic rings. The highest BCUT2D eigenvalue weighted by atomic mass is 16.2. The number of hydrogen-bond acceptors (Lipinski definition) is 4. The van der Waals surface area contributed by atoms with Crippen molar-refractivity contribution in [2.75, 3.05) is 5.73 Å². The van der Waals surface area contributed by atoms with Crippen molar-refractivity contribution in [1.29, 1.82) is 0 Å². The van der Waals surface area contributed by atoms with Gasteiger partial charge in [0.25, 0.3) is 0 Å². The second kappa shape index (κ2) is 3.43. The molecule has 1 amide bonds. The van der Waals surface area contributed by atoms with Crippen molar-refractivity contribution < 1.29 is 4.79 Å². The summed E-state index contributed by atoms with van der Waals surface area (Å²) < 4.78 is 0. The molecule has 5 heteroatoms. The summed E-state index contributed by atoms with van der Waals surface area (Å²) in [6.07, 6.45) is 1.70. The largest absolute Gasteiger partial charge is 0.368 e. The lowest BCUT2D eigenvalue weighted by atomic mass is 9.95. The first kappa shape index (κ1) is 10.9. The Morgan fingerprint density at radius 3 is 2.75 bits per heavy atom. The summed E-state index contributed by atoms with van der Waals surface area (Å²) in [5.74, 6) is 0.396.